The molecule has 0 saturated heterocycles. The molecule has 2 aliphatic rings. The van der Waals surface area contributed by atoms with Gasteiger partial charge in [-0.05, 0) is 61.1 Å². The maximum Gasteiger partial charge on any atom is 0.242 e. The first-order valence-electron chi connectivity index (χ1n) is 10.9. The second-order valence-electron chi connectivity index (χ2n) is 8.41. The minimum absolute atomic E-state index is 0.0146. The van der Waals surface area contributed by atoms with E-state index in [1.54, 1.807) is 29.4 Å². The molecular weight excluding hydrogens is 490 g/mol. The van der Waals surface area contributed by atoms with Gasteiger partial charge >= 0.3 is 0 Å². The molecule has 3 heterocycles. The fraction of sp³-hybridized carbons (Fsp3) is 0.240. The highest BCUT2D eigenvalue weighted by atomic mass is 35.5. The number of aromatic nitrogens is 2. The molecule has 1 amide bonds. The van der Waals surface area contributed by atoms with Crippen molar-refractivity contribution >= 4 is 74.0 Å². The molecule has 1 atom stereocenters. The summed E-state index contributed by atoms with van der Waals surface area (Å²) in [6.45, 7) is 2.31. The quantitative estimate of drug-likeness (QED) is 0.213. The third kappa shape index (κ3) is 3.85. The van der Waals surface area contributed by atoms with Crippen molar-refractivity contribution in [1.29, 1.82) is 0 Å². The number of nitrogens with zero attached hydrogens (tertiary/aromatic N) is 3. The van der Waals surface area contributed by atoms with E-state index in [0.717, 1.165) is 49.2 Å². The molecule has 4 aromatic rings. The van der Waals surface area contributed by atoms with E-state index < -0.39 is 0 Å². The topological polar surface area (TPSA) is 46.1 Å². The van der Waals surface area contributed by atoms with Crippen LogP contribution in [0.1, 0.15) is 23.8 Å². The third-order valence-corrected chi connectivity index (χ3v) is 9.63. The van der Waals surface area contributed by atoms with Crippen molar-refractivity contribution < 1.29 is 4.79 Å². The summed E-state index contributed by atoms with van der Waals surface area (Å²) in [5.74, 6) is 1.01. The summed E-state index contributed by atoms with van der Waals surface area (Å²) >= 11 is 11.3. The van der Waals surface area contributed by atoms with Gasteiger partial charge in [0.2, 0.25) is 5.91 Å². The van der Waals surface area contributed by atoms with E-state index in [4.69, 9.17) is 11.6 Å². The first-order chi connectivity index (χ1) is 16.1. The van der Waals surface area contributed by atoms with Crippen LogP contribution in [0.3, 0.4) is 0 Å². The van der Waals surface area contributed by atoms with Gasteiger partial charge in [-0.25, -0.2) is 9.97 Å². The summed E-state index contributed by atoms with van der Waals surface area (Å²) in [6, 6.07) is 13.7. The molecule has 6 rings (SSSR count). The SMILES string of the molecule is C[C@H]1CCc2c(sc3ncnc(SCC(=O)N4c5ccccc5Sc5ccc(Cl)cc54)c23)C1. The number of halogens is 1. The highest BCUT2D eigenvalue weighted by molar-refractivity contribution is 8.00. The molecule has 2 aromatic heterocycles. The summed E-state index contributed by atoms with van der Waals surface area (Å²) in [6.07, 6.45) is 4.99. The summed E-state index contributed by atoms with van der Waals surface area (Å²) < 4.78 is 0. The molecule has 0 bridgehead atoms. The van der Waals surface area contributed by atoms with Crippen LogP contribution in [-0.4, -0.2) is 21.6 Å². The molecule has 0 saturated carbocycles. The number of amides is 1. The zero-order valence-corrected chi connectivity index (χ0v) is 21.1. The lowest BCUT2D eigenvalue weighted by molar-refractivity contribution is -0.115. The Kier molecular flexibility index (Phi) is 5.61. The Labute approximate surface area is 209 Å². The van der Waals surface area contributed by atoms with Crippen molar-refractivity contribution in [1.82, 2.24) is 9.97 Å². The zero-order chi connectivity index (χ0) is 22.5. The van der Waals surface area contributed by atoms with Gasteiger partial charge in [0, 0.05) is 25.1 Å². The molecular formula is C25H20ClN3OS3. The lowest BCUT2D eigenvalue weighted by Crippen LogP contribution is -2.30. The van der Waals surface area contributed by atoms with Crippen LogP contribution >= 0.6 is 46.5 Å². The van der Waals surface area contributed by atoms with Crippen LogP contribution in [-0.2, 0) is 17.6 Å². The van der Waals surface area contributed by atoms with Gasteiger partial charge in [-0.1, -0.05) is 54.2 Å². The van der Waals surface area contributed by atoms with Gasteiger partial charge in [0.25, 0.3) is 0 Å². The number of thioether (sulfide) groups is 1. The summed E-state index contributed by atoms with van der Waals surface area (Å²) in [5, 5.41) is 2.68. The van der Waals surface area contributed by atoms with Crippen LogP contribution in [0.2, 0.25) is 5.02 Å². The largest absolute Gasteiger partial charge is 0.278 e. The molecule has 0 radical (unpaired) electrons. The van der Waals surface area contributed by atoms with E-state index in [-0.39, 0.29) is 11.7 Å². The molecule has 4 nitrogen and oxygen atoms in total. The summed E-state index contributed by atoms with van der Waals surface area (Å²) in [7, 11) is 0. The molecule has 1 aliphatic carbocycles. The molecule has 0 unspecified atom stereocenters. The van der Waals surface area contributed by atoms with Gasteiger partial charge in [-0.15, -0.1) is 11.3 Å². The smallest absolute Gasteiger partial charge is 0.242 e. The predicted octanol–water partition coefficient (Wildman–Crippen LogP) is 7.39. The summed E-state index contributed by atoms with van der Waals surface area (Å²) in [4.78, 5) is 29.1. The number of benzene rings is 2. The van der Waals surface area contributed by atoms with Crippen LogP contribution in [0.5, 0.6) is 0 Å². The van der Waals surface area contributed by atoms with Crippen molar-refractivity contribution in [2.45, 2.75) is 41.0 Å². The number of rotatable bonds is 3. The van der Waals surface area contributed by atoms with Gasteiger partial charge in [-0.3, -0.25) is 9.69 Å². The maximum absolute atomic E-state index is 13.6. The fourth-order valence-corrected chi connectivity index (χ4v) is 8.04. The van der Waals surface area contributed by atoms with Crippen LogP contribution in [0.15, 0.2) is 63.6 Å². The third-order valence-electron chi connectivity index (χ3n) is 6.13. The number of carbonyl (C=O) groups is 1. The predicted molar refractivity (Wildman–Crippen MR) is 138 cm³/mol. The Hall–Kier alpha value is -2.06. The molecule has 1 aliphatic heterocycles. The van der Waals surface area contributed by atoms with Gasteiger partial charge in [0.05, 0.1) is 17.1 Å². The monoisotopic (exact) mass is 509 g/mol. The highest BCUT2D eigenvalue weighted by Crippen LogP contribution is 2.49. The maximum atomic E-state index is 13.6. The second kappa shape index (κ2) is 8.62. The van der Waals surface area contributed by atoms with Crippen molar-refractivity contribution in [3.05, 3.63) is 64.3 Å². The van der Waals surface area contributed by atoms with E-state index in [2.05, 4.69) is 23.0 Å². The van der Waals surface area contributed by atoms with E-state index in [0.29, 0.717) is 10.9 Å². The van der Waals surface area contributed by atoms with Gasteiger partial charge < -0.3 is 0 Å². The zero-order valence-electron chi connectivity index (χ0n) is 17.9. The Balaban J connectivity index is 1.33. The average Bonchev–Trinajstić information content (AvgIpc) is 3.19. The lowest BCUT2D eigenvalue weighted by Gasteiger charge is -2.31. The number of fused-ring (bicyclic) bond motifs is 5. The Bertz CT molecular complexity index is 1400. The van der Waals surface area contributed by atoms with E-state index >= 15 is 0 Å². The van der Waals surface area contributed by atoms with Gasteiger partial charge in [0.1, 0.15) is 16.2 Å². The Morgan fingerprint density at radius 1 is 1.18 bits per heavy atom. The number of aryl methyl sites for hydroxylation is 1. The number of para-hydroxylation sites is 1. The molecule has 8 heteroatoms. The highest BCUT2D eigenvalue weighted by Gasteiger charge is 2.29. The molecule has 33 heavy (non-hydrogen) atoms. The minimum Gasteiger partial charge on any atom is -0.278 e. The van der Waals surface area contributed by atoms with Crippen molar-refractivity contribution in [3.63, 3.8) is 0 Å². The Morgan fingerprint density at radius 3 is 2.94 bits per heavy atom. The van der Waals surface area contributed by atoms with Crippen molar-refractivity contribution in [2.24, 2.45) is 5.92 Å². The molecule has 0 spiro atoms. The van der Waals surface area contributed by atoms with Crippen LogP contribution in [0.25, 0.3) is 10.2 Å². The normalized spacial score (nSPS) is 16.9. The first kappa shape index (κ1) is 21.5. The number of hydrogen-bond acceptors (Lipinski definition) is 6. The first-order valence-corrected chi connectivity index (χ1v) is 13.9. The second-order valence-corrected chi connectivity index (χ2v) is 12.0. The van der Waals surface area contributed by atoms with E-state index in [1.807, 2.05) is 41.3 Å². The molecule has 0 N–H and O–H groups in total. The van der Waals surface area contributed by atoms with Crippen LogP contribution < -0.4 is 4.90 Å². The molecule has 0 fully saturated rings. The van der Waals surface area contributed by atoms with Crippen LogP contribution in [0.4, 0.5) is 11.4 Å². The van der Waals surface area contributed by atoms with Crippen LogP contribution in [0, 0.1) is 5.92 Å². The number of hydrogen-bond donors (Lipinski definition) is 0. The molecule has 2 aromatic carbocycles. The number of carbonyl (C=O) groups excluding carboxylic acids is 1. The number of anilines is 2. The minimum atomic E-state index is 0.0146. The van der Waals surface area contributed by atoms with Gasteiger partial charge in [-0.2, -0.15) is 0 Å². The Morgan fingerprint density at radius 2 is 2.03 bits per heavy atom. The van der Waals surface area contributed by atoms with Crippen molar-refractivity contribution in [3.8, 4) is 0 Å². The molecule has 166 valence electrons. The number of thiophene rings is 1. The fourth-order valence-electron chi connectivity index (χ4n) is 4.55. The van der Waals surface area contributed by atoms with Gasteiger partial charge in [0.15, 0.2) is 0 Å². The van der Waals surface area contributed by atoms with E-state index in [9.17, 15) is 4.79 Å². The standard InChI is InChI=1S/C25H20ClN3OS3/c1-14-6-8-16-21(10-14)33-25-23(16)24(27-13-28-25)31-12-22(30)29-17-4-2-3-5-19(17)32-20-9-7-15(26)11-18(20)29/h2-5,7,9,11,13-14H,6,8,10,12H2,1H3/t14-/m0/s1. The summed E-state index contributed by atoms with van der Waals surface area (Å²) in [5.41, 5.74) is 3.13. The van der Waals surface area contributed by atoms with E-state index in [1.165, 1.54) is 28.6 Å². The lowest BCUT2D eigenvalue weighted by atomic mass is 9.89. The van der Waals surface area contributed by atoms with Crippen molar-refractivity contribution in [2.75, 3.05) is 10.7 Å². The average molecular weight is 510 g/mol.